The molecule has 0 spiro atoms. The fraction of sp³-hybridized carbons (Fsp3) is 0.429. The lowest BCUT2D eigenvalue weighted by Gasteiger charge is -2.32. The highest BCUT2D eigenvalue weighted by Crippen LogP contribution is 2.04. The minimum Gasteiger partial charge on any atom is -0.314 e. The molecule has 16 heavy (non-hydrogen) atoms. The summed E-state index contributed by atoms with van der Waals surface area (Å²) < 4.78 is 0. The summed E-state index contributed by atoms with van der Waals surface area (Å²) in [4.78, 5) is 2.51. The average Bonchev–Trinajstić information content (AvgIpc) is 2.33. The van der Waals surface area contributed by atoms with Crippen LogP contribution in [-0.4, -0.2) is 37.1 Å². The van der Waals surface area contributed by atoms with Gasteiger partial charge in [0.25, 0.3) is 0 Å². The molecular formula is C14H20N2. The van der Waals surface area contributed by atoms with Gasteiger partial charge in [0.2, 0.25) is 0 Å². The van der Waals surface area contributed by atoms with Crippen molar-refractivity contribution in [1.82, 2.24) is 10.2 Å². The van der Waals surface area contributed by atoms with E-state index < -0.39 is 0 Å². The zero-order chi connectivity index (χ0) is 11.2. The van der Waals surface area contributed by atoms with Crippen molar-refractivity contribution < 1.29 is 0 Å². The van der Waals surface area contributed by atoms with Gasteiger partial charge in [0.1, 0.15) is 0 Å². The minimum absolute atomic E-state index is 0.647. The quantitative estimate of drug-likeness (QED) is 0.831. The van der Waals surface area contributed by atoms with Crippen LogP contribution >= 0.6 is 0 Å². The Morgan fingerprint density at radius 3 is 2.94 bits per heavy atom. The molecule has 2 rings (SSSR count). The number of hydrogen-bond donors (Lipinski definition) is 1. The van der Waals surface area contributed by atoms with Crippen LogP contribution in [0.4, 0.5) is 0 Å². The van der Waals surface area contributed by atoms with E-state index in [0.29, 0.717) is 6.04 Å². The third kappa shape index (κ3) is 3.19. The molecule has 2 nitrogen and oxygen atoms in total. The number of benzene rings is 1. The Morgan fingerprint density at radius 2 is 2.19 bits per heavy atom. The van der Waals surface area contributed by atoms with Crippen LogP contribution in [0.15, 0.2) is 36.4 Å². The van der Waals surface area contributed by atoms with Gasteiger partial charge in [-0.25, -0.2) is 0 Å². The second-order valence-electron chi connectivity index (χ2n) is 4.36. The van der Waals surface area contributed by atoms with Gasteiger partial charge in [0.15, 0.2) is 0 Å². The molecule has 1 aromatic carbocycles. The predicted molar refractivity (Wildman–Crippen MR) is 69.4 cm³/mol. The molecule has 1 heterocycles. The predicted octanol–water partition coefficient (Wildman–Crippen LogP) is 1.99. The highest BCUT2D eigenvalue weighted by Gasteiger charge is 2.15. The van der Waals surface area contributed by atoms with E-state index in [9.17, 15) is 0 Å². The van der Waals surface area contributed by atoms with Gasteiger partial charge in [-0.3, -0.25) is 4.90 Å². The number of hydrogen-bond acceptors (Lipinski definition) is 2. The van der Waals surface area contributed by atoms with Crippen molar-refractivity contribution in [3.63, 3.8) is 0 Å². The summed E-state index contributed by atoms with van der Waals surface area (Å²) in [5.41, 5.74) is 1.28. The van der Waals surface area contributed by atoms with Crippen molar-refractivity contribution in [2.75, 3.05) is 26.2 Å². The lowest BCUT2D eigenvalue weighted by atomic mass is 10.2. The van der Waals surface area contributed by atoms with Crippen LogP contribution in [0, 0.1) is 0 Å². The molecule has 1 N–H and O–H groups in total. The molecule has 1 aliphatic rings. The monoisotopic (exact) mass is 216 g/mol. The molecule has 1 aliphatic heterocycles. The van der Waals surface area contributed by atoms with Crippen molar-refractivity contribution in [3.8, 4) is 0 Å². The maximum absolute atomic E-state index is 3.41. The van der Waals surface area contributed by atoms with Crippen molar-refractivity contribution in [2.24, 2.45) is 0 Å². The molecule has 1 saturated heterocycles. The summed E-state index contributed by atoms with van der Waals surface area (Å²) in [7, 11) is 0. The Kier molecular flexibility index (Phi) is 4.14. The van der Waals surface area contributed by atoms with Crippen LogP contribution in [0.25, 0.3) is 6.08 Å². The van der Waals surface area contributed by atoms with Gasteiger partial charge in [-0.2, -0.15) is 0 Å². The number of rotatable bonds is 3. The zero-order valence-electron chi connectivity index (χ0n) is 9.89. The van der Waals surface area contributed by atoms with Gasteiger partial charge in [0, 0.05) is 32.2 Å². The molecule has 0 bridgehead atoms. The SMILES string of the molecule is CC1CNCCN1C/C=C/c1ccccc1. The summed E-state index contributed by atoms with van der Waals surface area (Å²) in [5, 5.41) is 3.41. The highest BCUT2D eigenvalue weighted by atomic mass is 15.2. The largest absolute Gasteiger partial charge is 0.314 e. The second-order valence-corrected chi connectivity index (χ2v) is 4.36. The lowest BCUT2D eigenvalue weighted by Crippen LogP contribution is -2.49. The first-order valence-corrected chi connectivity index (χ1v) is 6.02. The van der Waals surface area contributed by atoms with Crippen LogP contribution in [0.1, 0.15) is 12.5 Å². The molecule has 0 radical (unpaired) electrons. The molecule has 2 heteroatoms. The van der Waals surface area contributed by atoms with E-state index in [4.69, 9.17) is 0 Å². The highest BCUT2D eigenvalue weighted by molar-refractivity contribution is 5.48. The summed E-state index contributed by atoms with van der Waals surface area (Å²) in [6, 6.07) is 11.1. The Hall–Kier alpha value is -1.12. The van der Waals surface area contributed by atoms with Gasteiger partial charge in [-0.15, -0.1) is 0 Å². The van der Waals surface area contributed by atoms with E-state index in [1.54, 1.807) is 0 Å². The number of nitrogens with one attached hydrogen (secondary N) is 1. The molecule has 86 valence electrons. The van der Waals surface area contributed by atoms with Gasteiger partial charge < -0.3 is 5.32 Å². The molecular weight excluding hydrogens is 196 g/mol. The molecule has 1 atom stereocenters. The average molecular weight is 216 g/mol. The topological polar surface area (TPSA) is 15.3 Å². The smallest absolute Gasteiger partial charge is 0.0196 e. The van der Waals surface area contributed by atoms with Crippen molar-refractivity contribution in [3.05, 3.63) is 42.0 Å². The molecule has 1 fully saturated rings. The van der Waals surface area contributed by atoms with Gasteiger partial charge in [0.05, 0.1) is 0 Å². The number of nitrogens with zero attached hydrogens (tertiary/aromatic N) is 1. The summed E-state index contributed by atoms with van der Waals surface area (Å²) >= 11 is 0. The first kappa shape index (κ1) is 11.4. The maximum Gasteiger partial charge on any atom is 0.0196 e. The first-order valence-electron chi connectivity index (χ1n) is 6.02. The Bertz CT molecular complexity index is 332. The molecule has 0 aliphatic carbocycles. The van der Waals surface area contributed by atoms with Gasteiger partial charge in [-0.05, 0) is 12.5 Å². The number of piperazine rings is 1. The molecule has 1 unspecified atom stereocenters. The zero-order valence-corrected chi connectivity index (χ0v) is 9.89. The van der Waals surface area contributed by atoms with E-state index in [1.165, 1.54) is 5.56 Å². The van der Waals surface area contributed by atoms with Crippen LogP contribution in [-0.2, 0) is 0 Å². The van der Waals surface area contributed by atoms with Crippen LogP contribution in [0.2, 0.25) is 0 Å². The van der Waals surface area contributed by atoms with Crippen molar-refractivity contribution >= 4 is 6.08 Å². The lowest BCUT2D eigenvalue weighted by molar-refractivity contribution is 0.193. The first-order chi connectivity index (χ1) is 7.86. The molecule has 0 saturated carbocycles. The fourth-order valence-corrected chi connectivity index (χ4v) is 2.04. The minimum atomic E-state index is 0.647. The van der Waals surface area contributed by atoms with E-state index in [-0.39, 0.29) is 0 Å². The van der Waals surface area contributed by atoms with Crippen molar-refractivity contribution in [2.45, 2.75) is 13.0 Å². The second kappa shape index (κ2) is 5.83. The summed E-state index contributed by atoms with van der Waals surface area (Å²) in [5.74, 6) is 0. The van der Waals surface area contributed by atoms with Crippen LogP contribution in [0.5, 0.6) is 0 Å². The fourth-order valence-electron chi connectivity index (χ4n) is 2.04. The summed E-state index contributed by atoms with van der Waals surface area (Å²) in [6.07, 6.45) is 4.46. The van der Waals surface area contributed by atoms with Crippen molar-refractivity contribution in [1.29, 1.82) is 0 Å². The van der Waals surface area contributed by atoms with E-state index in [0.717, 1.165) is 26.2 Å². The Balaban J connectivity index is 1.84. The third-order valence-corrected chi connectivity index (χ3v) is 3.09. The van der Waals surface area contributed by atoms with Crippen LogP contribution in [0.3, 0.4) is 0 Å². The maximum atomic E-state index is 3.41. The van der Waals surface area contributed by atoms with Gasteiger partial charge in [-0.1, -0.05) is 42.5 Å². The molecule has 0 amide bonds. The molecule has 1 aromatic rings. The summed E-state index contributed by atoms with van der Waals surface area (Å²) in [6.45, 7) is 6.71. The third-order valence-electron chi connectivity index (χ3n) is 3.09. The Labute approximate surface area is 98.0 Å². The van der Waals surface area contributed by atoms with E-state index >= 15 is 0 Å². The van der Waals surface area contributed by atoms with Crippen LogP contribution < -0.4 is 5.32 Å². The van der Waals surface area contributed by atoms with E-state index in [1.807, 2.05) is 0 Å². The van der Waals surface area contributed by atoms with E-state index in [2.05, 4.69) is 59.6 Å². The Morgan fingerprint density at radius 1 is 1.38 bits per heavy atom. The van der Waals surface area contributed by atoms with Gasteiger partial charge >= 0.3 is 0 Å². The molecule has 0 aromatic heterocycles. The standard InChI is InChI=1S/C14H20N2/c1-13-12-15-9-11-16(13)10-5-8-14-6-3-2-4-7-14/h2-8,13,15H,9-12H2,1H3/b8-5+. The normalized spacial score (nSPS) is 22.7.